The number of benzene rings is 1. The fourth-order valence-electron chi connectivity index (χ4n) is 1.77. The molecule has 0 aliphatic carbocycles. The molecule has 0 radical (unpaired) electrons. The predicted octanol–water partition coefficient (Wildman–Crippen LogP) is 1.73. The smallest absolute Gasteiger partial charge is 0.121 e. The SMILES string of the molecule is CN(C)Cc1ccc(-c2cc(N)n(C)n2)cc1. The van der Waals surface area contributed by atoms with Crippen LogP contribution >= 0.6 is 0 Å². The van der Waals surface area contributed by atoms with Crippen LogP contribution < -0.4 is 5.73 Å². The van der Waals surface area contributed by atoms with E-state index in [1.54, 1.807) is 4.68 Å². The molecule has 0 spiro atoms. The van der Waals surface area contributed by atoms with Crippen LogP contribution in [0.5, 0.6) is 0 Å². The van der Waals surface area contributed by atoms with Crippen LogP contribution in [0, 0.1) is 0 Å². The van der Waals surface area contributed by atoms with E-state index in [1.165, 1.54) is 5.56 Å². The van der Waals surface area contributed by atoms with E-state index in [0.29, 0.717) is 5.82 Å². The minimum absolute atomic E-state index is 0.678. The highest BCUT2D eigenvalue weighted by Crippen LogP contribution is 2.20. The van der Waals surface area contributed by atoms with E-state index in [-0.39, 0.29) is 0 Å². The molecule has 1 aromatic heterocycles. The Morgan fingerprint density at radius 2 is 1.88 bits per heavy atom. The van der Waals surface area contributed by atoms with Crippen molar-refractivity contribution in [3.8, 4) is 11.3 Å². The summed E-state index contributed by atoms with van der Waals surface area (Å²) in [5.41, 5.74) is 9.08. The Bertz CT molecular complexity index is 477. The molecule has 2 aromatic rings. The summed E-state index contributed by atoms with van der Waals surface area (Å²) in [4.78, 5) is 2.15. The molecule has 17 heavy (non-hydrogen) atoms. The zero-order valence-corrected chi connectivity index (χ0v) is 10.5. The van der Waals surface area contributed by atoms with Crippen LogP contribution in [0.25, 0.3) is 11.3 Å². The summed E-state index contributed by atoms with van der Waals surface area (Å²) in [6.07, 6.45) is 0. The molecular formula is C13H18N4. The molecule has 1 heterocycles. The van der Waals surface area contributed by atoms with Gasteiger partial charge >= 0.3 is 0 Å². The summed E-state index contributed by atoms with van der Waals surface area (Å²) in [6, 6.07) is 10.3. The zero-order chi connectivity index (χ0) is 12.4. The van der Waals surface area contributed by atoms with Crippen LogP contribution in [0.3, 0.4) is 0 Å². The minimum Gasteiger partial charge on any atom is -0.384 e. The van der Waals surface area contributed by atoms with Gasteiger partial charge in [-0.05, 0) is 19.7 Å². The topological polar surface area (TPSA) is 47.1 Å². The molecule has 90 valence electrons. The van der Waals surface area contributed by atoms with Crippen molar-refractivity contribution >= 4 is 5.82 Å². The Balaban J connectivity index is 2.23. The van der Waals surface area contributed by atoms with Crippen LogP contribution in [-0.4, -0.2) is 28.8 Å². The third-order valence-electron chi connectivity index (χ3n) is 2.66. The highest BCUT2D eigenvalue weighted by Gasteiger charge is 2.04. The van der Waals surface area contributed by atoms with E-state index in [0.717, 1.165) is 17.8 Å². The van der Waals surface area contributed by atoms with Crippen molar-refractivity contribution in [1.82, 2.24) is 14.7 Å². The summed E-state index contributed by atoms with van der Waals surface area (Å²) in [5.74, 6) is 0.678. The van der Waals surface area contributed by atoms with Crippen molar-refractivity contribution in [3.63, 3.8) is 0 Å². The Hall–Kier alpha value is -1.81. The first-order chi connectivity index (χ1) is 8.06. The van der Waals surface area contributed by atoms with E-state index in [1.807, 2.05) is 13.1 Å². The van der Waals surface area contributed by atoms with Gasteiger partial charge in [-0.3, -0.25) is 4.68 Å². The van der Waals surface area contributed by atoms with Crippen LogP contribution in [0.15, 0.2) is 30.3 Å². The monoisotopic (exact) mass is 230 g/mol. The standard InChI is InChI=1S/C13H18N4/c1-16(2)9-10-4-6-11(7-5-10)12-8-13(14)17(3)15-12/h4-8H,9,14H2,1-3H3. The second kappa shape index (κ2) is 4.59. The molecule has 0 saturated carbocycles. The number of anilines is 1. The number of nitrogens with zero attached hydrogens (tertiary/aromatic N) is 3. The van der Waals surface area contributed by atoms with Crippen LogP contribution in [0.1, 0.15) is 5.56 Å². The van der Waals surface area contributed by atoms with Crippen molar-refractivity contribution in [2.75, 3.05) is 19.8 Å². The summed E-state index contributed by atoms with van der Waals surface area (Å²) in [7, 11) is 5.97. The van der Waals surface area contributed by atoms with Gasteiger partial charge in [-0.1, -0.05) is 24.3 Å². The summed E-state index contributed by atoms with van der Waals surface area (Å²) in [6.45, 7) is 0.949. The normalized spacial score (nSPS) is 11.1. The lowest BCUT2D eigenvalue weighted by atomic mass is 10.1. The Labute approximate surface area is 102 Å². The lowest BCUT2D eigenvalue weighted by molar-refractivity contribution is 0.402. The Morgan fingerprint density at radius 1 is 1.24 bits per heavy atom. The largest absolute Gasteiger partial charge is 0.384 e. The number of aromatic nitrogens is 2. The Morgan fingerprint density at radius 3 is 2.35 bits per heavy atom. The van der Waals surface area contributed by atoms with Gasteiger partial charge in [-0.2, -0.15) is 5.10 Å². The lowest BCUT2D eigenvalue weighted by Gasteiger charge is -2.09. The number of hydrogen-bond donors (Lipinski definition) is 1. The quantitative estimate of drug-likeness (QED) is 0.873. The van der Waals surface area contributed by atoms with E-state index < -0.39 is 0 Å². The fourth-order valence-corrected chi connectivity index (χ4v) is 1.77. The van der Waals surface area contributed by atoms with Gasteiger partial charge in [0.05, 0.1) is 5.69 Å². The number of aryl methyl sites for hydroxylation is 1. The lowest BCUT2D eigenvalue weighted by Crippen LogP contribution is -2.10. The highest BCUT2D eigenvalue weighted by atomic mass is 15.3. The Kier molecular flexibility index (Phi) is 3.15. The van der Waals surface area contributed by atoms with Gasteiger partial charge < -0.3 is 10.6 Å². The van der Waals surface area contributed by atoms with Crippen molar-refractivity contribution in [3.05, 3.63) is 35.9 Å². The van der Waals surface area contributed by atoms with Crippen molar-refractivity contribution in [2.24, 2.45) is 7.05 Å². The molecule has 4 heteroatoms. The van der Waals surface area contributed by atoms with Gasteiger partial charge in [0.25, 0.3) is 0 Å². The van der Waals surface area contributed by atoms with E-state index in [4.69, 9.17) is 5.73 Å². The molecule has 1 aromatic carbocycles. The maximum absolute atomic E-state index is 5.77. The molecule has 0 amide bonds. The van der Waals surface area contributed by atoms with E-state index in [2.05, 4.69) is 48.4 Å². The number of hydrogen-bond acceptors (Lipinski definition) is 3. The van der Waals surface area contributed by atoms with Gasteiger partial charge in [-0.25, -0.2) is 0 Å². The van der Waals surface area contributed by atoms with E-state index in [9.17, 15) is 0 Å². The molecule has 2 rings (SSSR count). The number of nitrogens with two attached hydrogens (primary N) is 1. The second-order valence-electron chi connectivity index (χ2n) is 4.51. The first-order valence-electron chi connectivity index (χ1n) is 5.60. The highest BCUT2D eigenvalue weighted by molar-refractivity contribution is 5.62. The molecule has 2 N–H and O–H groups in total. The molecule has 0 aliphatic heterocycles. The molecule has 0 atom stereocenters. The predicted molar refractivity (Wildman–Crippen MR) is 70.4 cm³/mol. The number of nitrogen functional groups attached to an aromatic ring is 1. The first-order valence-corrected chi connectivity index (χ1v) is 5.60. The second-order valence-corrected chi connectivity index (χ2v) is 4.51. The molecule has 0 bridgehead atoms. The fraction of sp³-hybridized carbons (Fsp3) is 0.308. The molecule has 4 nitrogen and oxygen atoms in total. The maximum Gasteiger partial charge on any atom is 0.121 e. The summed E-state index contributed by atoms with van der Waals surface area (Å²) >= 11 is 0. The average molecular weight is 230 g/mol. The third-order valence-corrected chi connectivity index (χ3v) is 2.66. The van der Waals surface area contributed by atoms with Gasteiger partial charge in [0.2, 0.25) is 0 Å². The molecule has 0 fully saturated rings. The third kappa shape index (κ3) is 2.65. The van der Waals surface area contributed by atoms with Gasteiger partial charge in [-0.15, -0.1) is 0 Å². The van der Waals surface area contributed by atoms with Crippen LogP contribution in [-0.2, 0) is 13.6 Å². The summed E-state index contributed by atoms with van der Waals surface area (Å²) < 4.78 is 1.68. The van der Waals surface area contributed by atoms with Crippen molar-refractivity contribution < 1.29 is 0 Å². The zero-order valence-electron chi connectivity index (χ0n) is 10.5. The van der Waals surface area contributed by atoms with Crippen LogP contribution in [0.4, 0.5) is 5.82 Å². The van der Waals surface area contributed by atoms with Crippen LogP contribution in [0.2, 0.25) is 0 Å². The van der Waals surface area contributed by atoms with Gasteiger partial charge in [0, 0.05) is 25.2 Å². The minimum atomic E-state index is 0.678. The summed E-state index contributed by atoms with van der Waals surface area (Å²) in [5, 5.41) is 4.35. The van der Waals surface area contributed by atoms with Crippen molar-refractivity contribution in [1.29, 1.82) is 0 Å². The van der Waals surface area contributed by atoms with Gasteiger partial charge in [0.1, 0.15) is 5.82 Å². The van der Waals surface area contributed by atoms with E-state index >= 15 is 0 Å². The molecule has 0 saturated heterocycles. The van der Waals surface area contributed by atoms with Crippen molar-refractivity contribution in [2.45, 2.75) is 6.54 Å². The first kappa shape index (κ1) is 11.7. The average Bonchev–Trinajstić information content (AvgIpc) is 2.59. The maximum atomic E-state index is 5.77. The molecular weight excluding hydrogens is 212 g/mol. The molecule has 0 unspecified atom stereocenters. The molecule has 0 aliphatic rings. The number of rotatable bonds is 3. The van der Waals surface area contributed by atoms with Gasteiger partial charge in [0.15, 0.2) is 0 Å².